The zero-order chi connectivity index (χ0) is 31.2. The average Bonchev–Trinajstić information content (AvgIpc) is 3.49. The molecule has 3 aromatic heterocycles. The second kappa shape index (κ2) is 11.1. The largest absolute Gasteiger partial charge is 0.273 e. The molecule has 0 N–H and O–H groups in total. The zero-order valence-corrected chi connectivity index (χ0v) is 25.2. The van der Waals surface area contributed by atoms with Gasteiger partial charge in [-0.15, -0.1) is 0 Å². The molecule has 0 fully saturated rings. The van der Waals surface area contributed by atoms with E-state index >= 15 is 0 Å². The molecular formula is C41H26N6. The van der Waals surface area contributed by atoms with Crippen molar-refractivity contribution in [2.45, 2.75) is 0 Å². The summed E-state index contributed by atoms with van der Waals surface area (Å²) in [6.07, 6.45) is 0. The van der Waals surface area contributed by atoms with Gasteiger partial charge in [0, 0.05) is 33.0 Å². The maximum atomic E-state index is 5.20. The molecular weight excluding hydrogens is 576 g/mol. The Bertz CT molecular complexity index is 2560. The van der Waals surface area contributed by atoms with Gasteiger partial charge in [-0.1, -0.05) is 152 Å². The van der Waals surface area contributed by atoms with Gasteiger partial charge in [-0.05, 0) is 16.8 Å². The maximum absolute atomic E-state index is 5.20. The third kappa shape index (κ3) is 4.71. The Morgan fingerprint density at radius 1 is 0.340 bits per heavy atom. The first kappa shape index (κ1) is 26.8. The van der Waals surface area contributed by atoms with E-state index in [0.29, 0.717) is 23.3 Å². The molecule has 0 bridgehead atoms. The second-order valence-corrected chi connectivity index (χ2v) is 11.4. The van der Waals surface area contributed by atoms with E-state index in [1.54, 1.807) is 0 Å². The van der Waals surface area contributed by atoms with Crippen LogP contribution in [0.3, 0.4) is 0 Å². The number of rotatable bonds is 5. The van der Waals surface area contributed by atoms with Crippen LogP contribution in [0, 0.1) is 0 Å². The summed E-state index contributed by atoms with van der Waals surface area (Å²) >= 11 is 0. The molecule has 9 aromatic rings. The molecule has 0 atom stereocenters. The van der Waals surface area contributed by atoms with E-state index in [0.717, 1.165) is 61.0 Å². The first-order valence-corrected chi connectivity index (χ1v) is 15.5. The fourth-order valence-corrected chi connectivity index (χ4v) is 6.20. The van der Waals surface area contributed by atoms with Crippen LogP contribution < -0.4 is 0 Å². The third-order valence-corrected chi connectivity index (χ3v) is 8.44. The van der Waals surface area contributed by atoms with E-state index in [2.05, 4.69) is 65.1 Å². The molecule has 0 radical (unpaired) electrons. The molecule has 0 aliphatic heterocycles. The van der Waals surface area contributed by atoms with E-state index in [1.807, 2.05) is 97.1 Å². The summed E-state index contributed by atoms with van der Waals surface area (Å²) in [4.78, 5) is 25.7. The minimum absolute atomic E-state index is 0.548. The van der Waals surface area contributed by atoms with Crippen molar-refractivity contribution in [2.24, 2.45) is 0 Å². The van der Waals surface area contributed by atoms with Crippen molar-refractivity contribution in [3.05, 3.63) is 158 Å². The zero-order valence-electron chi connectivity index (χ0n) is 25.2. The van der Waals surface area contributed by atoms with E-state index < -0.39 is 0 Å². The quantitative estimate of drug-likeness (QED) is 0.196. The normalized spacial score (nSPS) is 11.4. The average molecular weight is 603 g/mol. The number of fused-ring (bicyclic) bond motifs is 4. The lowest BCUT2D eigenvalue weighted by atomic mass is 10.1. The van der Waals surface area contributed by atoms with Crippen molar-refractivity contribution in [1.29, 1.82) is 0 Å². The molecule has 0 aliphatic rings. The molecule has 0 unspecified atom stereocenters. The molecule has 6 heteroatoms. The fourth-order valence-electron chi connectivity index (χ4n) is 6.20. The van der Waals surface area contributed by atoms with E-state index in [9.17, 15) is 0 Å². The Balaban J connectivity index is 1.38. The lowest BCUT2D eigenvalue weighted by Gasteiger charge is -2.13. The minimum atomic E-state index is 0.548. The smallest absolute Gasteiger partial charge is 0.181 e. The summed E-state index contributed by atoms with van der Waals surface area (Å²) in [7, 11) is 0. The number of hydrogen-bond donors (Lipinski definition) is 0. The number of aromatic nitrogens is 6. The van der Waals surface area contributed by atoms with Crippen molar-refractivity contribution >= 4 is 27.2 Å². The predicted octanol–water partition coefficient (Wildman–Crippen LogP) is 9.56. The standard InChI is InChI=1S/C41H26N6/c1-4-15-28(16-5-1)36-42-38(32-25-24-27-14-10-11-21-31(27)26-32)44-39(43-36)35-33-22-12-13-23-34(33)41-46-37(29-17-6-2-7-18-29)45-40(47(35)41)30-19-8-3-9-20-30/h1-26H. The topological polar surface area (TPSA) is 68.9 Å². The second-order valence-electron chi connectivity index (χ2n) is 11.4. The molecule has 6 nitrogen and oxygen atoms in total. The van der Waals surface area contributed by atoms with Crippen LogP contribution >= 0.6 is 0 Å². The van der Waals surface area contributed by atoms with E-state index in [1.165, 1.54) is 0 Å². The van der Waals surface area contributed by atoms with Gasteiger partial charge in [0.05, 0.1) is 0 Å². The van der Waals surface area contributed by atoms with Crippen molar-refractivity contribution in [2.75, 3.05) is 0 Å². The molecule has 3 heterocycles. The van der Waals surface area contributed by atoms with Crippen LogP contribution in [0.5, 0.6) is 0 Å². The van der Waals surface area contributed by atoms with Gasteiger partial charge in [-0.2, -0.15) is 0 Å². The Hall–Kier alpha value is -6.53. The van der Waals surface area contributed by atoms with Crippen molar-refractivity contribution in [3.63, 3.8) is 0 Å². The Kier molecular flexibility index (Phi) is 6.35. The van der Waals surface area contributed by atoms with Crippen LogP contribution in [0.15, 0.2) is 158 Å². The summed E-state index contributed by atoms with van der Waals surface area (Å²) in [5.41, 5.74) is 5.35. The highest BCUT2D eigenvalue weighted by Gasteiger charge is 2.24. The number of nitrogens with zero attached hydrogens (tertiary/aromatic N) is 6. The van der Waals surface area contributed by atoms with Crippen molar-refractivity contribution in [3.8, 4) is 57.1 Å². The van der Waals surface area contributed by atoms with Gasteiger partial charge < -0.3 is 0 Å². The van der Waals surface area contributed by atoms with Crippen LogP contribution in [0.2, 0.25) is 0 Å². The Labute approximate surface area is 270 Å². The SMILES string of the molecule is c1ccc(-c2nc(-c3ccc4ccccc4c3)nc(-c3c4ccccc4c4nc(-c5ccccc5)nc(-c5ccccc5)n34)n2)cc1. The van der Waals surface area contributed by atoms with Gasteiger partial charge in [0.25, 0.3) is 0 Å². The van der Waals surface area contributed by atoms with Crippen LogP contribution in [0.1, 0.15) is 0 Å². The third-order valence-electron chi connectivity index (χ3n) is 8.44. The molecule has 9 rings (SSSR count). The van der Waals surface area contributed by atoms with Gasteiger partial charge in [0.15, 0.2) is 23.3 Å². The molecule has 47 heavy (non-hydrogen) atoms. The minimum Gasteiger partial charge on any atom is -0.273 e. The Morgan fingerprint density at radius 3 is 1.53 bits per heavy atom. The lowest BCUT2D eigenvalue weighted by Crippen LogP contribution is -2.06. The summed E-state index contributed by atoms with van der Waals surface area (Å²) in [6, 6.07) is 53.4. The highest BCUT2D eigenvalue weighted by Crippen LogP contribution is 2.37. The molecule has 220 valence electrons. The van der Waals surface area contributed by atoms with Gasteiger partial charge in [0.1, 0.15) is 17.2 Å². The molecule has 0 amide bonds. The lowest BCUT2D eigenvalue weighted by molar-refractivity contribution is 1.01. The van der Waals surface area contributed by atoms with Crippen LogP contribution in [-0.4, -0.2) is 29.3 Å². The molecule has 0 saturated carbocycles. The summed E-state index contributed by atoms with van der Waals surface area (Å²) < 4.78 is 2.11. The van der Waals surface area contributed by atoms with Crippen LogP contribution in [0.25, 0.3) is 84.3 Å². The maximum Gasteiger partial charge on any atom is 0.181 e. The van der Waals surface area contributed by atoms with Gasteiger partial charge in [0.2, 0.25) is 0 Å². The van der Waals surface area contributed by atoms with E-state index in [-0.39, 0.29) is 0 Å². The molecule has 6 aromatic carbocycles. The predicted molar refractivity (Wildman–Crippen MR) is 189 cm³/mol. The van der Waals surface area contributed by atoms with Crippen molar-refractivity contribution in [1.82, 2.24) is 29.3 Å². The van der Waals surface area contributed by atoms with Crippen LogP contribution in [-0.2, 0) is 0 Å². The van der Waals surface area contributed by atoms with E-state index in [4.69, 9.17) is 24.9 Å². The summed E-state index contributed by atoms with van der Waals surface area (Å²) in [5, 5.41) is 4.27. The highest BCUT2D eigenvalue weighted by atomic mass is 15.1. The van der Waals surface area contributed by atoms with Gasteiger partial charge in [-0.3, -0.25) is 4.40 Å². The summed E-state index contributed by atoms with van der Waals surface area (Å²) in [6.45, 7) is 0. The van der Waals surface area contributed by atoms with Crippen LogP contribution in [0.4, 0.5) is 0 Å². The molecule has 0 spiro atoms. The first-order chi connectivity index (χ1) is 23.3. The molecule has 0 saturated heterocycles. The van der Waals surface area contributed by atoms with Crippen molar-refractivity contribution < 1.29 is 0 Å². The van der Waals surface area contributed by atoms with Gasteiger partial charge in [-0.25, -0.2) is 24.9 Å². The number of benzene rings is 6. The van der Waals surface area contributed by atoms with Gasteiger partial charge >= 0.3 is 0 Å². The highest BCUT2D eigenvalue weighted by molar-refractivity contribution is 6.05. The Morgan fingerprint density at radius 2 is 0.851 bits per heavy atom. The summed E-state index contributed by atoms with van der Waals surface area (Å²) in [5.74, 6) is 3.16. The first-order valence-electron chi connectivity index (χ1n) is 15.5. The fraction of sp³-hybridized carbons (Fsp3) is 0. The molecule has 0 aliphatic carbocycles. The monoisotopic (exact) mass is 602 g/mol. The number of hydrogen-bond acceptors (Lipinski definition) is 5.